The van der Waals surface area contributed by atoms with Crippen LogP contribution in [0.3, 0.4) is 0 Å². The maximum atomic E-state index is 8.93. The summed E-state index contributed by atoms with van der Waals surface area (Å²) in [5.74, 6) is 2.58. The lowest BCUT2D eigenvalue weighted by molar-refractivity contribution is 0.196. The van der Waals surface area contributed by atoms with E-state index >= 15 is 0 Å². The molecule has 0 aromatic heterocycles. The molecule has 0 saturated heterocycles. The van der Waals surface area contributed by atoms with E-state index in [1.165, 1.54) is 0 Å². The molecule has 178 valence electrons. The number of hydrogen-bond acceptors (Lipinski definition) is 5. The predicted octanol–water partition coefficient (Wildman–Crippen LogP) is 4.25. The predicted molar refractivity (Wildman–Crippen MR) is 140 cm³/mol. The number of para-hydroxylation sites is 1. The van der Waals surface area contributed by atoms with Gasteiger partial charge in [0.05, 0.1) is 31.8 Å². The minimum Gasteiger partial charge on any atom is -0.493 e. The Morgan fingerprint density at radius 2 is 1.88 bits per heavy atom. The fourth-order valence-corrected chi connectivity index (χ4v) is 2.98. The number of aliphatic hydroxyl groups excluding tert-OH is 1. The topological polar surface area (TPSA) is 84.3 Å². The molecule has 3 N–H and O–H groups in total. The molecule has 2 aromatic carbocycles. The highest BCUT2D eigenvalue weighted by atomic mass is 127. The SMILES string of the molecule is CCNC(=NCc1ccc(OCCO)c(OC)c1)NCC(CC)Oc1ccccc1Cl.I. The minimum atomic E-state index is -0.0497. The summed E-state index contributed by atoms with van der Waals surface area (Å²) < 4.78 is 16.9. The molecule has 9 heteroatoms. The second-order valence-electron chi connectivity index (χ2n) is 6.71. The molecule has 32 heavy (non-hydrogen) atoms. The summed E-state index contributed by atoms with van der Waals surface area (Å²) in [5, 5.41) is 16.1. The van der Waals surface area contributed by atoms with Crippen LogP contribution in [0.4, 0.5) is 0 Å². The Bertz CT molecular complexity index is 839. The summed E-state index contributed by atoms with van der Waals surface area (Å²) in [4.78, 5) is 4.66. The molecule has 0 fully saturated rings. The molecular weight excluding hydrogens is 545 g/mol. The lowest BCUT2D eigenvalue weighted by Crippen LogP contribution is -2.42. The van der Waals surface area contributed by atoms with Crippen LogP contribution in [-0.4, -0.2) is 50.6 Å². The van der Waals surface area contributed by atoms with Crippen LogP contribution < -0.4 is 24.8 Å². The van der Waals surface area contributed by atoms with Crippen molar-refractivity contribution < 1.29 is 19.3 Å². The Hall–Kier alpha value is -1.91. The van der Waals surface area contributed by atoms with Gasteiger partial charge in [-0.15, -0.1) is 24.0 Å². The maximum absolute atomic E-state index is 8.93. The van der Waals surface area contributed by atoms with Crippen molar-refractivity contribution in [1.82, 2.24) is 10.6 Å². The second kappa shape index (κ2) is 15.8. The summed E-state index contributed by atoms with van der Waals surface area (Å²) in [6.45, 7) is 6.05. The zero-order valence-corrected chi connectivity index (χ0v) is 21.9. The number of benzene rings is 2. The van der Waals surface area contributed by atoms with Gasteiger partial charge < -0.3 is 30.0 Å². The Balaban J connectivity index is 0.00000512. The van der Waals surface area contributed by atoms with E-state index in [1.54, 1.807) is 7.11 Å². The molecular formula is C23H33ClIN3O4. The smallest absolute Gasteiger partial charge is 0.191 e. The van der Waals surface area contributed by atoms with Gasteiger partial charge in [-0.1, -0.05) is 36.7 Å². The first-order valence-electron chi connectivity index (χ1n) is 10.4. The van der Waals surface area contributed by atoms with Gasteiger partial charge in [-0.2, -0.15) is 0 Å². The number of halogens is 2. The maximum Gasteiger partial charge on any atom is 0.191 e. The zero-order chi connectivity index (χ0) is 22.5. The van der Waals surface area contributed by atoms with Crippen molar-refractivity contribution in [2.24, 2.45) is 4.99 Å². The van der Waals surface area contributed by atoms with Gasteiger partial charge in [0.15, 0.2) is 17.5 Å². The number of aliphatic imine (C=N–C) groups is 1. The first-order valence-corrected chi connectivity index (χ1v) is 10.8. The van der Waals surface area contributed by atoms with Gasteiger partial charge >= 0.3 is 0 Å². The van der Waals surface area contributed by atoms with E-state index in [-0.39, 0.29) is 43.3 Å². The zero-order valence-electron chi connectivity index (χ0n) is 18.8. The van der Waals surface area contributed by atoms with Gasteiger partial charge in [-0.3, -0.25) is 0 Å². The van der Waals surface area contributed by atoms with Crippen molar-refractivity contribution in [2.75, 3.05) is 33.4 Å². The number of guanidine groups is 1. The molecule has 2 rings (SSSR count). The fourth-order valence-electron chi connectivity index (χ4n) is 2.80. The number of nitrogens with one attached hydrogen (secondary N) is 2. The second-order valence-corrected chi connectivity index (χ2v) is 7.12. The van der Waals surface area contributed by atoms with E-state index in [4.69, 9.17) is 30.9 Å². The van der Waals surface area contributed by atoms with Crippen molar-refractivity contribution in [1.29, 1.82) is 0 Å². The minimum absolute atomic E-state index is 0. The molecule has 7 nitrogen and oxygen atoms in total. The average molecular weight is 578 g/mol. The third kappa shape index (κ3) is 9.30. The number of aliphatic hydroxyl groups is 1. The molecule has 0 amide bonds. The molecule has 1 unspecified atom stereocenters. The van der Waals surface area contributed by atoms with E-state index in [0.717, 1.165) is 18.5 Å². The van der Waals surface area contributed by atoms with Crippen LogP contribution in [0.2, 0.25) is 5.02 Å². The summed E-state index contributed by atoms with van der Waals surface area (Å²) in [6, 6.07) is 13.1. The van der Waals surface area contributed by atoms with E-state index in [1.807, 2.05) is 49.4 Å². The summed E-state index contributed by atoms with van der Waals surface area (Å²) in [7, 11) is 1.59. The van der Waals surface area contributed by atoms with Crippen molar-refractivity contribution in [3.63, 3.8) is 0 Å². The first-order chi connectivity index (χ1) is 15.1. The van der Waals surface area contributed by atoms with Crippen molar-refractivity contribution in [3.05, 3.63) is 53.1 Å². The van der Waals surface area contributed by atoms with Crippen LogP contribution in [-0.2, 0) is 6.54 Å². The monoisotopic (exact) mass is 577 g/mol. The summed E-state index contributed by atoms with van der Waals surface area (Å²) in [5.41, 5.74) is 0.977. The lowest BCUT2D eigenvalue weighted by Gasteiger charge is -2.20. The number of rotatable bonds is 12. The van der Waals surface area contributed by atoms with Crippen LogP contribution >= 0.6 is 35.6 Å². The molecule has 0 heterocycles. The quantitative estimate of drug-likeness (QED) is 0.199. The van der Waals surface area contributed by atoms with Crippen LogP contribution in [0.25, 0.3) is 0 Å². The molecule has 0 bridgehead atoms. The van der Waals surface area contributed by atoms with Gasteiger partial charge in [-0.05, 0) is 43.2 Å². The van der Waals surface area contributed by atoms with Gasteiger partial charge in [0.25, 0.3) is 0 Å². The van der Waals surface area contributed by atoms with Gasteiger partial charge in [-0.25, -0.2) is 4.99 Å². The molecule has 0 aliphatic heterocycles. The van der Waals surface area contributed by atoms with Gasteiger partial charge in [0.2, 0.25) is 0 Å². The number of nitrogens with zero attached hydrogens (tertiary/aromatic N) is 1. The fraction of sp³-hybridized carbons (Fsp3) is 0.435. The number of hydrogen-bond donors (Lipinski definition) is 3. The standard InChI is InChI=1S/C23H32ClN3O4.HI/c1-4-18(31-20-9-7-6-8-19(20)24)16-27-23(25-5-2)26-15-17-10-11-21(30-13-12-28)22(14-17)29-3;/h6-11,14,18,28H,4-5,12-13,15-16H2,1-3H3,(H2,25,26,27);1H. The highest BCUT2D eigenvalue weighted by Gasteiger charge is 2.12. The number of methoxy groups -OCH3 is 1. The van der Waals surface area contributed by atoms with Gasteiger partial charge in [0.1, 0.15) is 18.5 Å². The third-order valence-electron chi connectivity index (χ3n) is 4.42. The van der Waals surface area contributed by atoms with E-state index in [0.29, 0.717) is 41.3 Å². The Labute approximate surface area is 212 Å². The van der Waals surface area contributed by atoms with E-state index in [9.17, 15) is 0 Å². The first kappa shape index (κ1) is 28.1. The normalized spacial score (nSPS) is 11.8. The van der Waals surface area contributed by atoms with Gasteiger partial charge in [0, 0.05) is 6.54 Å². The number of ether oxygens (including phenoxy) is 3. The van der Waals surface area contributed by atoms with Crippen LogP contribution in [0.5, 0.6) is 17.2 Å². The van der Waals surface area contributed by atoms with E-state index in [2.05, 4.69) is 22.5 Å². The average Bonchev–Trinajstić information content (AvgIpc) is 2.79. The van der Waals surface area contributed by atoms with E-state index < -0.39 is 0 Å². The molecule has 0 aliphatic carbocycles. The van der Waals surface area contributed by atoms with Crippen molar-refractivity contribution in [3.8, 4) is 17.2 Å². The summed E-state index contributed by atoms with van der Waals surface area (Å²) >= 11 is 6.21. The third-order valence-corrected chi connectivity index (χ3v) is 4.74. The highest BCUT2D eigenvalue weighted by molar-refractivity contribution is 14.0. The molecule has 0 spiro atoms. The molecule has 1 atom stereocenters. The molecule has 0 saturated carbocycles. The van der Waals surface area contributed by atoms with Crippen molar-refractivity contribution >= 4 is 41.5 Å². The Kier molecular flexibility index (Phi) is 13.9. The van der Waals surface area contributed by atoms with Crippen molar-refractivity contribution in [2.45, 2.75) is 32.9 Å². The Morgan fingerprint density at radius 1 is 1.09 bits per heavy atom. The highest BCUT2D eigenvalue weighted by Crippen LogP contribution is 2.28. The van der Waals surface area contributed by atoms with Crippen LogP contribution in [0.15, 0.2) is 47.5 Å². The molecule has 0 aliphatic rings. The lowest BCUT2D eigenvalue weighted by atomic mass is 10.2. The molecule has 2 aromatic rings. The summed E-state index contributed by atoms with van der Waals surface area (Å²) in [6.07, 6.45) is 0.774. The molecule has 0 radical (unpaired) electrons. The largest absolute Gasteiger partial charge is 0.493 e. The van der Waals surface area contributed by atoms with Crippen LogP contribution in [0.1, 0.15) is 25.8 Å². The Morgan fingerprint density at radius 3 is 2.53 bits per heavy atom. The van der Waals surface area contributed by atoms with Crippen LogP contribution in [0, 0.1) is 0 Å².